The van der Waals surface area contributed by atoms with Crippen molar-refractivity contribution < 1.29 is 0 Å². The normalized spacial score (nSPS) is 16.3. The molecule has 0 aromatic carbocycles. The molecule has 0 bridgehead atoms. The fraction of sp³-hybridized carbons (Fsp3) is 0.926. The monoisotopic (exact) mass is 406 g/mol. The number of unbranched alkanes of at least 4 members (excludes halogenated alkanes) is 17. The Balaban J connectivity index is 1.80. The van der Waals surface area contributed by atoms with Crippen LogP contribution in [0.4, 0.5) is 0 Å². The molecule has 2 heteroatoms. The third-order valence-electron chi connectivity index (χ3n) is 6.68. The summed E-state index contributed by atoms with van der Waals surface area (Å²) in [7, 11) is 2.24. The summed E-state index contributed by atoms with van der Waals surface area (Å²) in [6.45, 7) is 5.81. The number of nitrogens with zero attached hydrogens (tertiary/aromatic N) is 2. The third kappa shape index (κ3) is 14.1. The van der Waals surface area contributed by atoms with E-state index in [9.17, 15) is 0 Å². The lowest BCUT2D eigenvalue weighted by atomic mass is 10.0. The second-order valence-electron chi connectivity index (χ2n) is 9.48. The molecule has 0 aromatic rings. The highest BCUT2D eigenvalue weighted by atomic mass is 15.4. The summed E-state index contributed by atoms with van der Waals surface area (Å²) in [6.07, 6.45) is 33.8. The molecule has 0 N–H and O–H groups in total. The average Bonchev–Trinajstić information content (AvgIpc) is 3.08. The van der Waals surface area contributed by atoms with Crippen LogP contribution in [0, 0.1) is 0 Å². The number of rotatable bonds is 21. The molecule has 0 fully saturated rings. The molecule has 1 unspecified atom stereocenters. The van der Waals surface area contributed by atoms with Gasteiger partial charge in [0.2, 0.25) is 0 Å². The lowest BCUT2D eigenvalue weighted by Gasteiger charge is -2.30. The van der Waals surface area contributed by atoms with Gasteiger partial charge < -0.3 is 9.80 Å². The molecule has 1 aliphatic rings. The first-order valence-corrected chi connectivity index (χ1v) is 13.5. The number of hydrogen-bond acceptors (Lipinski definition) is 2. The van der Waals surface area contributed by atoms with E-state index in [2.05, 4.69) is 43.1 Å². The zero-order chi connectivity index (χ0) is 21.0. The van der Waals surface area contributed by atoms with E-state index in [1.807, 2.05) is 0 Å². The lowest BCUT2D eigenvalue weighted by Crippen LogP contribution is -2.36. The minimum Gasteiger partial charge on any atom is -0.359 e. The topological polar surface area (TPSA) is 6.48 Å². The summed E-state index contributed by atoms with van der Waals surface area (Å²) < 4.78 is 0. The molecular weight excluding hydrogens is 352 g/mol. The maximum absolute atomic E-state index is 2.55. The van der Waals surface area contributed by atoms with Gasteiger partial charge in [0, 0.05) is 26.0 Å². The van der Waals surface area contributed by atoms with Crippen LogP contribution in [-0.2, 0) is 0 Å². The van der Waals surface area contributed by atoms with Gasteiger partial charge in [0.25, 0.3) is 0 Å². The molecule has 1 heterocycles. The summed E-state index contributed by atoms with van der Waals surface area (Å²) in [6, 6.07) is 0. The molecular formula is C27H54N2. The van der Waals surface area contributed by atoms with Crippen LogP contribution in [-0.4, -0.2) is 29.6 Å². The Morgan fingerprint density at radius 3 is 1.38 bits per heavy atom. The molecule has 0 radical (unpaired) electrons. The zero-order valence-corrected chi connectivity index (χ0v) is 20.5. The van der Waals surface area contributed by atoms with Gasteiger partial charge in [0.1, 0.15) is 6.17 Å². The standard InChI is InChI=1S/C27H54N2/c1-4-6-8-9-10-11-12-13-14-15-16-17-18-19-20-21-22-23-27-28(3)25-26-29(27)24-7-5-2/h25-27H,4-24H2,1-3H3. The molecule has 0 saturated heterocycles. The Labute approximate surface area is 184 Å². The van der Waals surface area contributed by atoms with Crippen molar-refractivity contribution >= 4 is 0 Å². The smallest absolute Gasteiger partial charge is 0.100 e. The fourth-order valence-electron chi connectivity index (χ4n) is 4.61. The summed E-state index contributed by atoms with van der Waals surface area (Å²) in [5.41, 5.74) is 0. The van der Waals surface area contributed by atoms with E-state index < -0.39 is 0 Å². The molecule has 1 rings (SSSR count). The van der Waals surface area contributed by atoms with Crippen LogP contribution in [0.25, 0.3) is 0 Å². The van der Waals surface area contributed by atoms with Crippen molar-refractivity contribution in [3.63, 3.8) is 0 Å². The molecule has 2 nitrogen and oxygen atoms in total. The zero-order valence-electron chi connectivity index (χ0n) is 20.5. The van der Waals surface area contributed by atoms with Crippen molar-refractivity contribution in [2.24, 2.45) is 0 Å². The minimum atomic E-state index is 0.623. The minimum absolute atomic E-state index is 0.623. The molecule has 172 valence electrons. The molecule has 0 saturated carbocycles. The Bertz CT molecular complexity index is 366. The van der Waals surface area contributed by atoms with Gasteiger partial charge in [0.05, 0.1) is 0 Å². The van der Waals surface area contributed by atoms with Crippen molar-refractivity contribution in [3.05, 3.63) is 12.4 Å². The molecule has 0 spiro atoms. The molecule has 1 atom stereocenters. The van der Waals surface area contributed by atoms with Crippen LogP contribution in [0.15, 0.2) is 12.4 Å². The maximum Gasteiger partial charge on any atom is 0.100 e. The molecule has 0 amide bonds. The van der Waals surface area contributed by atoms with Gasteiger partial charge in [-0.05, 0) is 19.3 Å². The second kappa shape index (κ2) is 19.3. The van der Waals surface area contributed by atoms with E-state index in [-0.39, 0.29) is 0 Å². The Hall–Kier alpha value is -0.660. The van der Waals surface area contributed by atoms with Crippen LogP contribution in [0.2, 0.25) is 0 Å². The van der Waals surface area contributed by atoms with Crippen molar-refractivity contribution in [3.8, 4) is 0 Å². The number of hydrogen-bond donors (Lipinski definition) is 0. The van der Waals surface area contributed by atoms with Crippen molar-refractivity contribution in [1.82, 2.24) is 9.80 Å². The van der Waals surface area contributed by atoms with Crippen molar-refractivity contribution in [2.75, 3.05) is 13.6 Å². The summed E-state index contributed by atoms with van der Waals surface area (Å²) >= 11 is 0. The van der Waals surface area contributed by atoms with E-state index in [1.54, 1.807) is 0 Å². The van der Waals surface area contributed by atoms with E-state index in [4.69, 9.17) is 0 Å². The Morgan fingerprint density at radius 2 is 0.931 bits per heavy atom. The van der Waals surface area contributed by atoms with E-state index in [1.165, 1.54) is 135 Å². The van der Waals surface area contributed by atoms with E-state index >= 15 is 0 Å². The van der Waals surface area contributed by atoms with Crippen molar-refractivity contribution in [2.45, 2.75) is 148 Å². The largest absolute Gasteiger partial charge is 0.359 e. The predicted molar refractivity (Wildman–Crippen MR) is 131 cm³/mol. The van der Waals surface area contributed by atoms with Gasteiger partial charge in [-0.2, -0.15) is 0 Å². The van der Waals surface area contributed by atoms with Crippen LogP contribution in [0.5, 0.6) is 0 Å². The second-order valence-corrected chi connectivity index (χ2v) is 9.48. The van der Waals surface area contributed by atoms with Gasteiger partial charge in [-0.1, -0.05) is 123 Å². The van der Waals surface area contributed by atoms with E-state index in [0.717, 1.165) is 0 Å². The lowest BCUT2D eigenvalue weighted by molar-refractivity contribution is 0.160. The Kier molecular flexibility index (Phi) is 17.6. The third-order valence-corrected chi connectivity index (χ3v) is 6.68. The molecule has 0 aliphatic carbocycles. The van der Waals surface area contributed by atoms with Gasteiger partial charge in [-0.15, -0.1) is 0 Å². The highest BCUT2D eigenvalue weighted by Gasteiger charge is 2.22. The SMILES string of the molecule is CCCCCCCCCCCCCCCCCCCC1N(C)C=CN1CCCC. The summed E-state index contributed by atoms with van der Waals surface area (Å²) in [5.74, 6) is 0. The van der Waals surface area contributed by atoms with Crippen molar-refractivity contribution in [1.29, 1.82) is 0 Å². The van der Waals surface area contributed by atoms with E-state index in [0.29, 0.717) is 6.17 Å². The van der Waals surface area contributed by atoms with Crippen LogP contribution in [0.3, 0.4) is 0 Å². The average molecular weight is 407 g/mol. The first-order valence-electron chi connectivity index (χ1n) is 13.5. The first-order chi connectivity index (χ1) is 14.3. The van der Waals surface area contributed by atoms with Crippen LogP contribution in [0.1, 0.15) is 142 Å². The van der Waals surface area contributed by atoms with Crippen LogP contribution >= 0.6 is 0 Å². The summed E-state index contributed by atoms with van der Waals surface area (Å²) in [5, 5.41) is 0. The summed E-state index contributed by atoms with van der Waals surface area (Å²) in [4.78, 5) is 4.96. The van der Waals surface area contributed by atoms with Gasteiger partial charge in [-0.3, -0.25) is 0 Å². The molecule has 29 heavy (non-hydrogen) atoms. The van der Waals surface area contributed by atoms with Gasteiger partial charge in [-0.25, -0.2) is 0 Å². The first kappa shape index (κ1) is 26.4. The van der Waals surface area contributed by atoms with Gasteiger partial charge >= 0.3 is 0 Å². The fourth-order valence-corrected chi connectivity index (χ4v) is 4.61. The Morgan fingerprint density at radius 1 is 0.517 bits per heavy atom. The quantitative estimate of drug-likeness (QED) is 0.176. The van der Waals surface area contributed by atoms with Crippen LogP contribution < -0.4 is 0 Å². The van der Waals surface area contributed by atoms with Gasteiger partial charge in [0.15, 0.2) is 0 Å². The highest BCUT2D eigenvalue weighted by molar-refractivity contribution is 4.95. The molecule has 1 aliphatic heterocycles. The highest BCUT2D eigenvalue weighted by Crippen LogP contribution is 2.21. The predicted octanol–water partition coefficient (Wildman–Crippen LogP) is 8.87. The maximum atomic E-state index is 2.55. The molecule has 0 aromatic heterocycles.